The predicted molar refractivity (Wildman–Crippen MR) is 65.9 cm³/mol. The minimum Gasteiger partial charge on any atom is -0.506 e. The van der Waals surface area contributed by atoms with Crippen LogP contribution in [0, 0.1) is 6.92 Å². The van der Waals surface area contributed by atoms with E-state index >= 15 is 0 Å². The maximum atomic E-state index is 9.78. The van der Waals surface area contributed by atoms with Crippen LogP contribution < -0.4 is 0 Å². The predicted octanol–water partition coefficient (Wildman–Crippen LogP) is 1.70. The zero-order valence-corrected chi connectivity index (χ0v) is 10.7. The van der Waals surface area contributed by atoms with E-state index in [9.17, 15) is 5.11 Å². The summed E-state index contributed by atoms with van der Waals surface area (Å²) in [5, 5.41) is 9.78. The Morgan fingerprint density at radius 2 is 2.00 bits per heavy atom. The van der Waals surface area contributed by atoms with Gasteiger partial charge in [0.05, 0.1) is 17.9 Å². The van der Waals surface area contributed by atoms with Crippen molar-refractivity contribution in [1.29, 1.82) is 0 Å². The van der Waals surface area contributed by atoms with E-state index < -0.39 is 0 Å². The Morgan fingerprint density at radius 1 is 1.35 bits per heavy atom. The van der Waals surface area contributed by atoms with Crippen molar-refractivity contribution in [3.8, 4) is 5.75 Å². The quantitative estimate of drug-likeness (QED) is 0.849. The van der Waals surface area contributed by atoms with Crippen LogP contribution >= 0.6 is 0 Å². The van der Waals surface area contributed by atoms with Crippen LogP contribution in [0.5, 0.6) is 5.75 Å². The van der Waals surface area contributed by atoms with Crippen molar-refractivity contribution >= 4 is 0 Å². The lowest BCUT2D eigenvalue weighted by Crippen LogP contribution is -2.44. The Labute approximate surface area is 102 Å². The van der Waals surface area contributed by atoms with Gasteiger partial charge in [-0.1, -0.05) is 0 Å². The lowest BCUT2D eigenvalue weighted by Gasteiger charge is -2.35. The second-order valence-electron chi connectivity index (χ2n) is 4.87. The molecule has 4 nitrogen and oxygen atoms in total. The molecule has 1 N–H and O–H groups in total. The van der Waals surface area contributed by atoms with Gasteiger partial charge in [0.15, 0.2) is 0 Å². The van der Waals surface area contributed by atoms with Gasteiger partial charge in [0, 0.05) is 25.3 Å². The number of hydrogen-bond donors (Lipinski definition) is 1. The van der Waals surface area contributed by atoms with Crippen molar-refractivity contribution in [2.24, 2.45) is 0 Å². The summed E-state index contributed by atoms with van der Waals surface area (Å²) in [6.45, 7) is 8.55. The molecule has 1 fully saturated rings. The number of ether oxygens (including phenoxy) is 1. The van der Waals surface area contributed by atoms with Crippen LogP contribution in [0.4, 0.5) is 0 Å². The third-order valence-corrected chi connectivity index (χ3v) is 2.96. The summed E-state index contributed by atoms with van der Waals surface area (Å²) in [7, 11) is 0. The highest BCUT2D eigenvalue weighted by atomic mass is 16.5. The summed E-state index contributed by atoms with van der Waals surface area (Å²) in [4.78, 5) is 6.66. The fourth-order valence-corrected chi connectivity index (χ4v) is 2.34. The lowest BCUT2D eigenvalue weighted by atomic mass is 10.2. The Hall–Kier alpha value is -1.13. The highest BCUT2D eigenvalue weighted by molar-refractivity contribution is 5.27. The summed E-state index contributed by atoms with van der Waals surface area (Å²) >= 11 is 0. The van der Waals surface area contributed by atoms with E-state index in [0.29, 0.717) is 6.54 Å². The summed E-state index contributed by atoms with van der Waals surface area (Å²) < 4.78 is 5.68. The van der Waals surface area contributed by atoms with E-state index in [0.717, 1.165) is 24.5 Å². The van der Waals surface area contributed by atoms with Crippen LogP contribution in [0.15, 0.2) is 12.1 Å². The van der Waals surface area contributed by atoms with Gasteiger partial charge in [-0.15, -0.1) is 0 Å². The minimum absolute atomic E-state index is 0.241. The highest BCUT2D eigenvalue weighted by Crippen LogP contribution is 2.19. The van der Waals surface area contributed by atoms with Crippen LogP contribution in [0.1, 0.15) is 25.2 Å². The second-order valence-corrected chi connectivity index (χ2v) is 4.87. The molecule has 0 unspecified atom stereocenters. The second kappa shape index (κ2) is 5.02. The van der Waals surface area contributed by atoms with Crippen molar-refractivity contribution in [2.45, 2.75) is 39.5 Å². The van der Waals surface area contributed by atoms with E-state index in [1.807, 2.05) is 13.0 Å². The summed E-state index contributed by atoms with van der Waals surface area (Å²) in [5.41, 5.74) is 1.69. The number of pyridine rings is 1. The average Bonchev–Trinajstić information content (AvgIpc) is 2.22. The SMILES string of the molecule is Cc1ccc(O)c(CN2C[C@@H](C)O[C@@H](C)C2)n1. The summed E-state index contributed by atoms with van der Waals surface area (Å²) in [6.07, 6.45) is 0.483. The van der Waals surface area contributed by atoms with Crippen molar-refractivity contribution in [1.82, 2.24) is 9.88 Å². The average molecular weight is 236 g/mol. The topological polar surface area (TPSA) is 45.6 Å². The van der Waals surface area contributed by atoms with Crippen LogP contribution in [0.3, 0.4) is 0 Å². The molecular weight excluding hydrogens is 216 g/mol. The molecule has 2 atom stereocenters. The van der Waals surface area contributed by atoms with E-state index in [-0.39, 0.29) is 18.0 Å². The molecule has 1 aliphatic rings. The molecule has 0 amide bonds. The third kappa shape index (κ3) is 3.17. The molecule has 0 aromatic carbocycles. The van der Waals surface area contributed by atoms with Gasteiger partial charge >= 0.3 is 0 Å². The first-order valence-electron chi connectivity index (χ1n) is 6.08. The zero-order chi connectivity index (χ0) is 12.4. The number of aryl methyl sites for hydroxylation is 1. The van der Waals surface area contributed by atoms with Gasteiger partial charge in [-0.25, -0.2) is 0 Å². The van der Waals surface area contributed by atoms with Crippen molar-refractivity contribution in [3.05, 3.63) is 23.5 Å². The van der Waals surface area contributed by atoms with E-state index in [1.54, 1.807) is 6.07 Å². The molecule has 0 aliphatic carbocycles. The van der Waals surface area contributed by atoms with Crippen molar-refractivity contribution in [3.63, 3.8) is 0 Å². The fourth-order valence-electron chi connectivity index (χ4n) is 2.34. The van der Waals surface area contributed by atoms with Crippen LogP contribution in [0.2, 0.25) is 0 Å². The standard InChI is InChI=1S/C13H20N2O2/c1-9-4-5-13(16)12(14-9)8-15-6-10(2)17-11(3)7-15/h4-5,10-11,16H,6-8H2,1-3H3/t10-,11+. The zero-order valence-electron chi connectivity index (χ0n) is 10.7. The van der Waals surface area contributed by atoms with Gasteiger partial charge in [-0.05, 0) is 32.9 Å². The third-order valence-electron chi connectivity index (χ3n) is 2.96. The summed E-state index contributed by atoms with van der Waals surface area (Å²) in [5.74, 6) is 0.280. The monoisotopic (exact) mass is 236 g/mol. The Kier molecular flexibility index (Phi) is 3.64. The van der Waals surface area contributed by atoms with Crippen LogP contribution in [-0.2, 0) is 11.3 Å². The molecule has 1 aromatic heterocycles. The molecule has 1 saturated heterocycles. The molecule has 2 rings (SSSR count). The first kappa shape index (κ1) is 12.3. The largest absolute Gasteiger partial charge is 0.506 e. The number of nitrogens with zero attached hydrogens (tertiary/aromatic N) is 2. The maximum absolute atomic E-state index is 9.78. The van der Waals surface area contributed by atoms with Gasteiger partial charge in [0.2, 0.25) is 0 Å². The molecule has 0 spiro atoms. The molecule has 94 valence electrons. The smallest absolute Gasteiger partial charge is 0.138 e. The molecule has 1 aromatic rings. The highest BCUT2D eigenvalue weighted by Gasteiger charge is 2.23. The number of rotatable bonds is 2. The van der Waals surface area contributed by atoms with Gasteiger partial charge in [-0.2, -0.15) is 0 Å². The molecule has 0 bridgehead atoms. The van der Waals surface area contributed by atoms with Gasteiger partial charge in [-0.3, -0.25) is 9.88 Å². The van der Waals surface area contributed by atoms with Crippen LogP contribution in [-0.4, -0.2) is 40.3 Å². The van der Waals surface area contributed by atoms with E-state index in [4.69, 9.17) is 4.74 Å². The minimum atomic E-state index is 0.241. The fraction of sp³-hybridized carbons (Fsp3) is 0.615. The number of aromatic hydroxyl groups is 1. The molecule has 17 heavy (non-hydrogen) atoms. The molecule has 0 saturated carbocycles. The van der Waals surface area contributed by atoms with Gasteiger partial charge < -0.3 is 9.84 Å². The van der Waals surface area contributed by atoms with Crippen molar-refractivity contribution in [2.75, 3.05) is 13.1 Å². The summed E-state index contributed by atoms with van der Waals surface area (Å²) in [6, 6.07) is 3.54. The molecular formula is C13H20N2O2. The van der Waals surface area contributed by atoms with E-state index in [2.05, 4.69) is 23.7 Å². The molecule has 4 heteroatoms. The first-order chi connectivity index (χ1) is 8.04. The Balaban J connectivity index is 2.07. The van der Waals surface area contributed by atoms with Gasteiger partial charge in [0.25, 0.3) is 0 Å². The molecule has 2 heterocycles. The Bertz CT molecular complexity index is 385. The lowest BCUT2D eigenvalue weighted by molar-refractivity contribution is -0.0709. The normalized spacial score (nSPS) is 26.1. The van der Waals surface area contributed by atoms with E-state index in [1.165, 1.54) is 0 Å². The van der Waals surface area contributed by atoms with Crippen molar-refractivity contribution < 1.29 is 9.84 Å². The Morgan fingerprint density at radius 3 is 2.65 bits per heavy atom. The first-order valence-corrected chi connectivity index (χ1v) is 6.08. The van der Waals surface area contributed by atoms with Crippen LogP contribution in [0.25, 0.3) is 0 Å². The van der Waals surface area contributed by atoms with Gasteiger partial charge in [0.1, 0.15) is 5.75 Å². The molecule has 0 radical (unpaired) electrons. The number of aromatic nitrogens is 1. The number of morpholine rings is 1. The maximum Gasteiger partial charge on any atom is 0.138 e. The molecule has 1 aliphatic heterocycles. The number of hydrogen-bond acceptors (Lipinski definition) is 4.